The van der Waals surface area contributed by atoms with Gasteiger partial charge in [-0.3, -0.25) is 4.74 Å². The highest BCUT2D eigenvalue weighted by Gasteiger charge is 2.58. The van der Waals surface area contributed by atoms with Crippen molar-refractivity contribution in [1.29, 1.82) is 0 Å². The molecule has 2 fully saturated rings. The second kappa shape index (κ2) is 13.6. The summed E-state index contributed by atoms with van der Waals surface area (Å²) < 4.78 is 44.9. The first-order chi connectivity index (χ1) is 19.1. The molecule has 1 unspecified atom stereocenters. The Labute approximate surface area is 241 Å². The summed E-state index contributed by atoms with van der Waals surface area (Å²) in [4.78, 5) is 0. The molecular formula is C32H48O7Si. The first-order valence-corrected chi connectivity index (χ1v) is 16.7. The summed E-state index contributed by atoms with van der Waals surface area (Å²) in [7, 11) is -0.599. The van der Waals surface area contributed by atoms with Gasteiger partial charge in [0.25, 0.3) is 5.97 Å². The summed E-state index contributed by atoms with van der Waals surface area (Å²) in [6.07, 6.45) is -2.55. The molecule has 0 amide bonds. The lowest BCUT2D eigenvalue weighted by Gasteiger charge is -2.46. The SMILES string of the molecule is COC1(C)O[C@H]2O[C@H](CO[Si](C(C)C)(C(C)C)C(C)C)[C@@H](OCc3ccccc3)[C@H](OCc3ccccc3)[C@H]2O1. The number of benzene rings is 2. The van der Waals surface area contributed by atoms with E-state index in [1.165, 1.54) is 0 Å². The summed E-state index contributed by atoms with van der Waals surface area (Å²) in [5, 5.41) is 0. The van der Waals surface area contributed by atoms with Gasteiger partial charge in [0, 0.05) is 14.0 Å². The maximum atomic E-state index is 7.02. The molecule has 0 saturated carbocycles. The number of fused-ring (bicyclic) bond motifs is 1. The molecule has 2 aliphatic rings. The van der Waals surface area contributed by atoms with Crippen LogP contribution in [0.3, 0.4) is 0 Å². The van der Waals surface area contributed by atoms with Crippen molar-refractivity contribution in [2.24, 2.45) is 0 Å². The molecule has 7 nitrogen and oxygen atoms in total. The molecule has 6 atom stereocenters. The van der Waals surface area contributed by atoms with Gasteiger partial charge in [-0.05, 0) is 27.8 Å². The first kappa shape index (κ1) is 31.3. The fourth-order valence-electron chi connectivity index (χ4n) is 6.47. The van der Waals surface area contributed by atoms with Crippen LogP contribution in [0.1, 0.15) is 59.6 Å². The smallest absolute Gasteiger partial charge is 0.282 e. The number of hydrogen-bond donors (Lipinski definition) is 0. The van der Waals surface area contributed by atoms with E-state index in [9.17, 15) is 0 Å². The second-order valence-electron chi connectivity index (χ2n) is 12.0. The molecule has 0 aromatic heterocycles. The average Bonchev–Trinajstić information content (AvgIpc) is 3.28. The Morgan fingerprint density at radius 1 is 0.750 bits per heavy atom. The Morgan fingerprint density at radius 2 is 1.25 bits per heavy atom. The van der Waals surface area contributed by atoms with Gasteiger partial charge in [0.05, 0.1) is 19.8 Å². The van der Waals surface area contributed by atoms with Gasteiger partial charge in [-0.15, -0.1) is 0 Å². The van der Waals surface area contributed by atoms with E-state index in [1.54, 1.807) is 14.0 Å². The summed E-state index contributed by atoms with van der Waals surface area (Å²) >= 11 is 0. The van der Waals surface area contributed by atoms with E-state index < -0.39 is 45.0 Å². The van der Waals surface area contributed by atoms with E-state index in [2.05, 4.69) is 65.8 Å². The van der Waals surface area contributed by atoms with Gasteiger partial charge in [-0.25, -0.2) is 0 Å². The van der Waals surface area contributed by atoms with Gasteiger partial charge in [-0.2, -0.15) is 0 Å². The van der Waals surface area contributed by atoms with Crippen molar-refractivity contribution in [1.82, 2.24) is 0 Å². The standard InChI is InChI=1S/C32H48O7Si/c1-22(2)40(23(3)4,24(5)6)36-21-27-28(34-19-25-15-11-9-12-16-25)29(35-20-26-17-13-10-14-18-26)30-31(37-27)39-32(7,33-8)38-30/h9-18,22-24,27-31H,19-21H2,1-8H3/t27-,28-,29+,30-,31-,32?/m1/s1. The Morgan fingerprint density at radius 3 is 1.73 bits per heavy atom. The van der Waals surface area contributed by atoms with Crippen LogP contribution < -0.4 is 0 Å². The molecule has 8 heteroatoms. The van der Waals surface area contributed by atoms with Crippen LogP contribution >= 0.6 is 0 Å². The highest BCUT2D eigenvalue weighted by molar-refractivity contribution is 6.77. The molecule has 0 aliphatic carbocycles. The van der Waals surface area contributed by atoms with E-state index in [0.29, 0.717) is 36.4 Å². The quantitative estimate of drug-likeness (QED) is 0.244. The van der Waals surface area contributed by atoms with E-state index in [-0.39, 0.29) is 0 Å². The molecule has 2 aromatic rings. The molecular weight excluding hydrogens is 524 g/mol. The van der Waals surface area contributed by atoms with Crippen LogP contribution in [0.2, 0.25) is 16.6 Å². The minimum atomic E-state index is -2.16. The Hall–Kier alpha value is -1.62. The molecule has 0 N–H and O–H groups in total. The van der Waals surface area contributed by atoms with Crippen molar-refractivity contribution >= 4 is 8.32 Å². The number of ether oxygens (including phenoxy) is 6. The second-order valence-corrected chi connectivity index (χ2v) is 17.4. The van der Waals surface area contributed by atoms with Gasteiger partial charge in [0.15, 0.2) is 14.6 Å². The third kappa shape index (κ3) is 6.87. The summed E-state index contributed by atoms with van der Waals surface area (Å²) in [5.74, 6) is -1.24. The van der Waals surface area contributed by atoms with Gasteiger partial charge in [-0.1, -0.05) is 102 Å². The maximum Gasteiger partial charge on any atom is 0.282 e. The molecule has 0 bridgehead atoms. The summed E-state index contributed by atoms with van der Waals surface area (Å²) in [6.45, 7) is 16.7. The fourth-order valence-corrected chi connectivity index (χ4v) is 11.9. The third-order valence-electron chi connectivity index (χ3n) is 8.42. The van der Waals surface area contributed by atoms with Gasteiger partial charge in [0.1, 0.15) is 24.4 Å². The topological polar surface area (TPSA) is 64.6 Å². The predicted octanol–water partition coefficient (Wildman–Crippen LogP) is 6.81. The molecule has 40 heavy (non-hydrogen) atoms. The summed E-state index contributed by atoms with van der Waals surface area (Å²) in [6, 6.07) is 20.3. The average molecular weight is 573 g/mol. The fraction of sp³-hybridized carbons (Fsp3) is 0.625. The van der Waals surface area contributed by atoms with E-state index in [0.717, 1.165) is 11.1 Å². The molecule has 222 valence electrons. The lowest BCUT2D eigenvalue weighted by molar-refractivity contribution is -0.334. The molecule has 0 spiro atoms. The Balaban J connectivity index is 1.65. The monoisotopic (exact) mass is 572 g/mol. The minimum Gasteiger partial charge on any atom is -0.413 e. The van der Waals surface area contributed by atoms with Crippen molar-refractivity contribution in [2.75, 3.05) is 13.7 Å². The van der Waals surface area contributed by atoms with Crippen molar-refractivity contribution < 1.29 is 32.8 Å². The predicted molar refractivity (Wildman–Crippen MR) is 157 cm³/mol. The Bertz CT molecular complexity index is 1010. The largest absolute Gasteiger partial charge is 0.413 e. The zero-order valence-electron chi connectivity index (χ0n) is 25.4. The number of rotatable bonds is 13. The van der Waals surface area contributed by atoms with Crippen LogP contribution in [0.5, 0.6) is 0 Å². The van der Waals surface area contributed by atoms with Crippen LogP contribution in [0.15, 0.2) is 60.7 Å². The van der Waals surface area contributed by atoms with E-state index in [1.807, 2.05) is 36.4 Å². The van der Waals surface area contributed by atoms with Crippen molar-refractivity contribution in [3.63, 3.8) is 0 Å². The molecule has 4 rings (SSSR count). The van der Waals surface area contributed by atoms with Crippen molar-refractivity contribution in [3.05, 3.63) is 71.8 Å². The van der Waals surface area contributed by atoms with E-state index in [4.69, 9.17) is 32.8 Å². The molecule has 2 aliphatic heterocycles. The van der Waals surface area contributed by atoms with E-state index >= 15 is 0 Å². The highest BCUT2D eigenvalue weighted by atomic mass is 28.4. The minimum absolute atomic E-state index is 0.391. The van der Waals surface area contributed by atoms with Gasteiger partial charge in [0.2, 0.25) is 0 Å². The van der Waals surface area contributed by atoms with Crippen LogP contribution in [-0.2, 0) is 46.1 Å². The van der Waals surface area contributed by atoms with Crippen LogP contribution in [0.25, 0.3) is 0 Å². The first-order valence-electron chi connectivity index (χ1n) is 14.6. The normalized spacial score (nSPS) is 28.9. The molecule has 2 aromatic carbocycles. The zero-order valence-corrected chi connectivity index (χ0v) is 26.4. The lowest BCUT2D eigenvalue weighted by atomic mass is 9.98. The Kier molecular flexibility index (Phi) is 10.6. The molecule has 2 saturated heterocycles. The van der Waals surface area contributed by atoms with Crippen LogP contribution in [-0.4, -0.2) is 58.7 Å². The molecule has 2 heterocycles. The van der Waals surface area contributed by atoms with Crippen LogP contribution in [0.4, 0.5) is 0 Å². The molecule has 0 radical (unpaired) electrons. The summed E-state index contributed by atoms with van der Waals surface area (Å²) in [5.41, 5.74) is 3.48. The van der Waals surface area contributed by atoms with Gasteiger partial charge < -0.3 is 28.1 Å². The van der Waals surface area contributed by atoms with Crippen LogP contribution in [0, 0.1) is 0 Å². The van der Waals surface area contributed by atoms with Crippen molar-refractivity contribution in [2.45, 2.75) is 115 Å². The zero-order chi connectivity index (χ0) is 28.9. The highest BCUT2D eigenvalue weighted by Crippen LogP contribution is 2.44. The number of methoxy groups -OCH3 is 1. The lowest BCUT2D eigenvalue weighted by Crippen LogP contribution is -2.60. The maximum absolute atomic E-state index is 7.02. The number of hydrogen-bond acceptors (Lipinski definition) is 7. The third-order valence-corrected chi connectivity index (χ3v) is 14.5. The van der Waals surface area contributed by atoms with Gasteiger partial charge >= 0.3 is 0 Å². The van der Waals surface area contributed by atoms with Crippen molar-refractivity contribution in [3.8, 4) is 0 Å².